The van der Waals surface area contributed by atoms with Crippen LogP contribution in [0.4, 0.5) is 4.79 Å². The van der Waals surface area contributed by atoms with Crippen molar-refractivity contribution in [1.29, 1.82) is 0 Å². The van der Waals surface area contributed by atoms with Gasteiger partial charge in [-0.15, -0.1) is 0 Å². The maximum atomic E-state index is 13.9. The maximum absolute atomic E-state index is 13.9. The van der Waals surface area contributed by atoms with Gasteiger partial charge in [0.2, 0.25) is 5.91 Å². The number of hydrogen-bond donors (Lipinski definition) is 2. The molecule has 1 aliphatic heterocycles. The molecule has 8 nitrogen and oxygen atoms in total. The van der Waals surface area contributed by atoms with E-state index in [4.69, 9.17) is 14.2 Å². The van der Waals surface area contributed by atoms with Crippen LogP contribution in [0.2, 0.25) is 0 Å². The number of aliphatic hydroxyl groups excluding tert-OH is 1. The summed E-state index contributed by atoms with van der Waals surface area (Å²) in [7, 11) is 3.27. The van der Waals surface area contributed by atoms with Crippen LogP contribution in [0.3, 0.4) is 0 Å². The summed E-state index contributed by atoms with van der Waals surface area (Å²) in [5.41, 5.74) is -0.450. The predicted molar refractivity (Wildman–Crippen MR) is 148 cm³/mol. The van der Waals surface area contributed by atoms with E-state index in [0.29, 0.717) is 6.42 Å². The third-order valence-corrected chi connectivity index (χ3v) is 7.54. The number of ether oxygens (including phenoxy) is 3. The molecule has 0 bridgehead atoms. The number of amides is 2. The maximum Gasteiger partial charge on any atom is 0.408 e. The molecule has 0 aliphatic carbocycles. The molecule has 0 spiro atoms. The molecule has 1 aliphatic rings. The van der Waals surface area contributed by atoms with Gasteiger partial charge in [-0.2, -0.15) is 0 Å². The molecule has 2 aromatic rings. The lowest BCUT2D eigenvalue weighted by atomic mass is 9.85. The number of benzene rings is 2. The Morgan fingerprint density at radius 1 is 1.16 bits per heavy atom. The first-order chi connectivity index (χ1) is 18.0. The number of rotatable bonds is 10. The zero-order chi connectivity index (χ0) is 28.1. The molecule has 1 saturated heterocycles. The van der Waals surface area contributed by atoms with Crippen molar-refractivity contribution in [2.45, 2.75) is 84.1 Å². The fourth-order valence-corrected chi connectivity index (χ4v) is 5.19. The lowest BCUT2D eigenvalue weighted by Crippen LogP contribution is -2.56. The quantitative estimate of drug-likeness (QED) is 0.450. The highest BCUT2D eigenvalue weighted by molar-refractivity contribution is 5.87. The lowest BCUT2D eigenvalue weighted by Gasteiger charge is -2.35. The molecule has 3 rings (SSSR count). The number of carbonyl (C=O) groups is 2. The van der Waals surface area contributed by atoms with Crippen molar-refractivity contribution in [2.24, 2.45) is 5.41 Å². The summed E-state index contributed by atoms with van der Waals surface area (Å²) in [5, 5.41) is 15.2. The molecule has 4 atom stereocenters. The normalized spacial score (nSPS) is 21.3. The van der Waals surface area contributed by atoms with Crippen molar-refractivity contribution < 1.29 is 28.9 Å². The molecule has 38 heavy (non-hydrogen) atoms. The number of nitrogens with zero attached hydrogens (tertiary/aromatic N) is 1. The van der Waals surface area contributed by atoms with Crippen molar-refractivity contribution in [3.05, 3.63) is 42.0 Å². The molecule has 8 heteroatoms. The number of alkyl carbamates (subject to hydrolysis) is 1. The number of carbonyl (C=O) groups excluding carboxylic acids is 2. The van der Waals surface area contributed by atoms with Crippen LogP contribution in [0, 0.1) is 5.41 Å². The van der Waals surface area contributed by atoms with E-state index in [1.54, 1.807) is 19.1 Å². The highest BCUT2D eigenvalue weighted by atomic mass is 16.6. The monoisotopic (exact) mass is 528 g/mol. The van der Waals surface area contributed by atoms with Crippen LogP contribution in [0.1, 0.15) is 65.9 Å². The molecule has 2 amide bonds. The van der Waals surface area contributed by atoms with E-state index in [2.05, 4.69) is 18.3 Å². The number of aliphatic hydroxyl groups is 1. The van der Waals surface area contributed by atoms with Gasteiger partial charge in [0.25, 0.3) is 0 Å². The minimum absolute atomic E-state index is 0.211. The molecule has 0 radical (unpaired) electrons. The fourth-order valence-electron chi connectivity index (χ4n) is 5.19. The summed E-state index contributed by atoms with van der Waals surface area (Å²) < 4.78 is 17.0. The first kappa shape index (κ1) is 29.7. The topological polar surface area (TPSA) is 97.3 Å². The fraction of sp³-hybridized carbons (Fsp3) is 0.600. The van der Waals surface area contributed by atoms with Gasteiger partial charge in [-0.3, -0.25) is 4.79 Å². The Hall–Kier alpha value is -2.84. The molecule has 1 fully saturated rings. The van der Waals surface area contributed by atoms with E-state index in [0.717, 1.165) is 41.3 Å². The van der Waals surface area contributed by atoms with Crippen LogP contribution in [-0.2, 0) is 19.9 Å². The Labute approximate surface area is 226 Å². The first-order valence-corrected chi connectivity index (χ1v) is 13.5. The first-order valence-electron chi connectivity index (χ1n) is 13.5. The molecular formula is C30H44N2O6. The van der Waals surface area contributed by atoms with Gasteiger partial charge in [-0.1, -0.05) is 58.7 Å². The number of unbranched alkanes of at least 4 members (excludes halogenated alkanes) is 1. The van der Waals surface area contributed by atoms with Crippen molar-refractivity contribution in [3.63, 3.8) is 0 Å². The number of methoxy groups -OCH3 is 2. The summed E-state index contributed by atoms with van der Waals surface area (Å²) in [5.74, 6) is 0.517. The van der Waals surface area contributed by atoms with Gasteiger partial charge in [0, 0.05) is 13.5 Å². The highest BCUT2D eigenvalue weighted by Gasteiger charge is 2.50. The van der Waals surface area contributed by atoms with E-state index in [1.165, 1.54) is 0 Å². The van der Waals surface area contributed by atoms with Crippen LogP contribution in [0.5, 0.6) is 5.75 Å². The summed E-state index contributed by atoms with van der Waals surface area (Å²) in [6.07, 6.45) is 2.33. The standard InChI is InChI=1S/C30H44N2O6/c1-8-9-10-20(2)38-28(35)31-26(29(3,4)5)27(34)32-19-30(37-7,17-24(32)18-33)23-13-11-22-16-25(36-6)14-12-21(22)15-23/h11-16,20,24,26,33H,8-10,17-19H2,1-7H3,(H,31,35)/t20?,24-,26+,30-/m0/s1. The smallest absolute Gasteiger partial charge is 0.408 e. The molecule has 210 valence electrons. The highest BCUT2D eigenvalue weighted by Crippen LogP contribution is 2.41. The van der Waals surface area contributed by atoms with Crippen molar-refractivity contribution in [1.82, 2.24) is 10.2 Å². The van der Waals surface area contributed by atoms with Crippen LogP contribution in [0.15, 0.2) is 36.4 Å². The molecule has 1 unspecified atom stereocenters. The van der Waals surface area contributed by atoms with Crippen molar-refractivity contribution >= 4 is 22.8 Å². The second-order valence-electron chi connectivity index (χ2n) is 11.4. The molecule has 1 heterocycles. The Kier molecular flexibility index (Phi) is 9.65. The SMILES string of the molecule is CCCCC(C)OC(=O)N[C@H](C(=O)N1C[C@](OC)(c2ccc3cc(OC)ccc3c2)C[C@H]1CO)C(C)(C)C. The van der Waals surface area contributed by atoms with Gasteiger partial charge in [0.15, 0.2) is 0 Å². The van der Waals surface area contributed by atoms with E-state index < -0.39 is 29.2 Å². The Balaban J connectivity index is 1.86. The van der Waals surface area contributed by atoms with Gasteiger partial charge < -0.3 is 29.5 Å². The van der Waals surface area contributed by atoms with Crippen LogP contribution in [-0.4, -0.2) is 67.6 Å². The number of hydrogen-bond acceptors (Lipinski definition) is 6. The summed E-state index contributed by atoms with van der Waals surface area (Å²) in [6.45, 7) is 9.70. The second kappa shape index (κ2) is 12.3. The van der Waals surface area contributed by atoms with Crippen LogP contribution >= 0.6 is 0 Å². The molecule has 0 aromatic heterocycles. The number of fused-ring (bicyclic) bond motifs is 1. The van der Waals surface area contributed by atoms with Gasteiger partial charge in [0.1, 0.15) is 23.5 Å². The molecule has 2 N–H and O–H groups in total. The van der Waals surface area contributed by atoms with Crippen molar-refractivity contribution in [2.75, 3.05) is 27.4 Å². The van der Waals surface area contributed by atoms with E-state index >= 15 is 0 Å². The molecule has 0 saturated carbocycles. The van der Waals surface area contributed by atoms with Gasteiger partial charge >= 0.3 is 6.09 Å². The van der Waals surface area contributed by atoms with Crippen molar-refractivity contribution in [3.8, 4) is 5.75 Å². The predicted octanol–water partition coefficient (Wildman–Crippen LogP) is 5.00. The lowest BCUT2D eigenvalue weighted by molar-refractivity contribution is -0.138. The zero-order valence-electron chi connectivity index (χ0n) is 23.9. The summed E-state index contributed by atoms with van der Waals surface area (Å²) in [6, 6.07) is 10.7. The summed E-state index contributed by atoms with van der Waals surface area (Å²) >= 11 is 0. The zero-order valence-corrected chi connectivity index (χ0v) is 23.9. The van der Waals surface area contributed by atoms with Gasteiger partial charge in [-0.05, 0) is 53.3 Å². The number of nitrogens with one attached hydrogen (secondary N) is 1. The summed E-state index contributed by atoms with van der Waals surface area (Å²) in [4.78, 5) is 28.3. The third-order valence-electron chi connectivity index (χ3n) is 7.54. The second-order valence-corrected chi connectivity index (χ2v) is 11.4. The van der Waals surface area contributed by atoms with E-state index in [1.807, 2.05) is 58.0 Å². The Bertz CT molecular complexity index is 1110. The molecular weight excluding hydrogens is 484 g/mol. The van der Waals surface area contributed by atoms with Crippen LogP contribution in [0.25, 0.3) is 10.8 Å². The average Bonchev–Trinajstić information content (AvgIpc) is 3.29. The van der Waals surface area contributed by atoms with E-state index in [-0.39, 0.29) is 25.2 Å². The third kappa shape index (κ3) is 6.59. The Morgan fingerprint density at radius 3 is 2.45 bits per heavy atom. The average molecular weight is 529 g/mol. The Morgan fingerprint density at radius 2 is 1.84 bits per heavy atom. The molecule has 2 aromatic carbocycles. The number of likely N-dealkylation sites (tertiary alicyclic amines) is 1. The van der Waals surface area contributed by atoms with Gasteiger partial charge in [-0.25, -0.2) is 4.79 Å². The van der Waals surface area contributed by atoms with Crippen LogP contribution < -0.4 is 10.1 Å². The minimum atomic E-state index is -0.834. The minimum Gasteiger partial charge on any atom is -0.497 e. The van der Waals surface area contributed by atoms with Gasteiger partial charge in [0.05, 0.1) is 26.3 Å². The largest absolute Gasteiger partial charge is 0.497 e. The van der Waals surface area contributed by atoms with E-state index in [9.17, 15) is 14.7 Å².